The zero-order valence-corrected chi connectivity index (χ0v) is 5.32. The number of hydrogen-bond acceptors (Lipinski definition) is 3. The van der Waals surface area contributed by atoms with Crippen molar-refractivity contribution in [3.63, 3.8) is 0 Å². The van der Waals surface area contributed by atoms with Gasteiger partial charge in [-0.2, -0.15) is 0 Å². The Labute approximate surface area is 58.4 Å². The van der Waals surface area contributed by atoms with Crippen LogP contribution in [0.3, 0.4) is 0 Å². The Morgan fingerprint density at radius 1 is 1.50 bits per heavy atom. The second kappa shape index (κ2) is 2.10. The van der Waals surface area contributed by atoms with E-state index in [0.717, 1.165) is 5.56 Å². The summed E-state index contributed by atoms with van der Waals surface area (Å²) in [7, 11) is 0. The Morgan fingerprint density at radius 2 is 2.50 bits per heavy atom. The number of rotatable bonds is 0. The highest BCUT2D eigenvalue weighted by Crippen LogP contribution is 2.14. The second-order valence-electron chi connectivity index (χ2n) is 1.98. The molecule has 3 nitrogen and oxygen atoms in total. The Balaban J connectivity index is 2.54. The quantitative estimate of drug-likeness (QED) is 0.527. The van der Waals surface area contributed by atoms with Crippen molar-refractivity contribution in [3.8, 4) is 5.88 Å². The summed E-state index contributed by atoms with van der Waals surface area (Å²) in [6.45, 7) is 0.393. The molecule has 0 radical (unpaired) electrons. The topological polar surface area (TPSA) is 34.5 Å². The van der Waals surface area contributed by atoms with Crippen molar-refractivity contribution < 1.29 is 4.74 Å². The highest BCUT2D eigenvalue weighted by molar-refractivity contribution is 5.83. The minimum atomic E-state index is 0.393. The first kappa shape index (κ1) is 5.41. The Bertz CT molecular complexity index is 270. The molecule has 2 heterocycles. The van der Waals surface area contributed by atoms with Crippen molar-refractivity contribution in [3.05, 3.63) is 23.9 Å². The average Bonchev–Trinajstić information content (AvgIpc) is 2.05. The molecule has 0 unspecified atom stereocenters. The van der Waals surface area contributed by atoms with E-state index in [4.69, 9.17) is 4.74 Å². The van der Waals surface area contributed by atoms with Gasteiger partial charge < -0.3 is 4.74 Å². The van der Waals surface area contributed by atoms with Gasteiger partial charge in [-0.1, -0.05) is 0 Å². The molecule has 1 aliphatic rings. The van der Waals surface area contributed by atoms with Crippen LogP contribution in [-0.4, -0.2) is 17.9 Å². The third-order valence-corrected chi connectivity index (χ3v) is 1.31. The van der Waals surface area contributed by atoms with Crippen molar-refractivity contribution in [2.75, 3.05) is 6.73 Å². The lowest BCUT2D eigenvalue weighted by Crippen LogP contribution is -2.04. The molecule has 0 saturated carbocycles. The minimum absolute atomic E-state index is 0.393. The largest absolute Gasteiger partial charge is 0.454 e. The molecule has 0 atom stereocenters. The van der Waals surface area contributed by atoms with Crippen molar-refractivity contribution >= 4 is 6.21 Å². The summed E-state index contributed by atoms with van der Waals surface area (Å²) in [5.41, 5.74) is 0.953. The maximum atomic E-state index is 5.11. The van der Waals surface area contributed by atoms with Gasteiger partial charge in [0.1, 0.15) is 0 Å². The van der Waals surface area contributed by atoms with Crippen LogP contribution in [0.2, 0.25) is 0 Å². The molecule has 0 fully saturated rings. The predicted octanol–water partition coefficient (Wildman–Crippen LogP) is 0.850. The molecule has 0 aliphatic carbocycles. The number of pyridine rings is 1. The van der Waals surface area contributed by atoms with E-state index in [2.05, 4.69) is 9.98 Å². The fourth-order valence-corrected chi connectivity index (χ4v) is 0.856. The lowest BCUT2D eigenvalue weighted by atomic mass is 10.3. The molecule has 3 heteroatoms. The fraction of sp³-hybridized carbons (Fsp3) is 0.143. The van der Waals surface area contributed by atoms with Gasteiger partial charge >= 0.3 is 0 Å². The maximum Gasteiger partial charge on any atom is 0.224 e. The van der Waals surface area contributed by atoms with Crippen LogP contribution >= 0.6 is 0 Å². The zero-order valence-electron chi connectivity index (χ0n) is 5.32. The van der Waals surface area contributed by atoms with Crippen molar-refractivity contribution in [2.45, 2.75) is 0 Å². The summed E-state index contributed by atoms with van der Waals surface area (Å²) < 4.78 is 5.11. The van der Waals surface area contributed by atoms with Crippen molar-refractivity contribution in [2.24, 2.45) is 4.99 Å². The Morgan fingerprint density at radius 3 is 3.40 bits per heavy atom. The third-order valence-electron chi connectivity index (χ3n) is 1.31. The summed E-state index contributed by atoms with van der Waals surface area (Å²) in [6.07, 6.45) is 3.48. The molecule has 1 aromatic rings. The number of fused-ring (bicyclic) bond motifs is 1. The van der Waals surface area contributed by atoms with Gasteiger partial charge in [-0.15, -0.1) is 0 Å². The molecule has 1 aliphatic heterocycles. The first-order chi connectivity index (χ1) is 4.97. The van der Waals surface area contributed by atoms with E-state index < -0.39 is 0 Å². The summed E-state index contributed by atoms with van der Waals surface area (Å²) in [5, 5.41) is 0. The lowest BCUT2D eigenvalue weighted by Gasteiger charge is -2.08. The standard InChI is InChI=1S/C7H6N2O/c1-2-6-4-8-5-10-7(6)9-3-1/h1-4H,5H2. The van der Waals surface area contributed by atoms with Crippen molar-refractivity contribution in [1.82, 2.24) is 4.98 Å². The smallest absolute Gasteiger partial charge is 0.224 e. The first-order valence-corrected chi connectivity index (χ1v) is 3.04. The molecule has 50 valence electrons. The van der Waals surface area contributed by atoms with Gasteiger partial charge in [0.2, 0.25) is 5.88 Å². The molecule has 0 saturated heterocycles. The van der Waals surface area contributed by atoms with E-state index in [1.807, 2.05) is 12.1 Å². The Hall–Kier alpha value is -1.38. The van der Waals surface area contributed by atoms with Crippen LogP contribution < -0.4 is 4.74 Å². The van der Waals surface area contributed by atoms with Crippen LogP contribution in [0.1, 0.15) is 5.56 Å². The zero-order chi connectivity index (χ0) is 6.81. The van der Waals surface area contributed by atoms with E-state index in [1.165, 1.54) is 0 Å². The third kappa shape index (κ3) is 0.757. The van der Waals surface area contributed by atoms with Gasteiger partial charge in [0.15, 0.2) is 6.73 Å². The molecule has 1 aromatic heterocycles. The van der Waals surface area contributed by atoms with Crippen LogP contribution in [0.4, 0.5) is 0 Å². The Kier molecular flexibility index (Phi) is 1.13. The van der Waals surface area contributed by atoms with Gasteiger partial charge in [0.05, 0.1) is 5.56 Å². The van der Waals surface area contributed by atoms with Crippen LogP contribution in [0.25, 0.3) is 0 Å². The highest BCUT2D eigenvalue weighted by atomic mass is 16.5. The molecule has 2 rings (SSSR count). The summed E-state index contributed by atoms with van der Waals surface area (Å²) >= 11 is 0. The molecule has 0 amide bonds. The number of nitrogens with zero attached hydrogens (tertiary/aromatic N) is 2. The SMILES string of the molecule is C1=NCOc2ncccc21. The number of aliphatic imine (C=N–C) groups is 1. The molecule has 10 heavy (non-hydrogen) atoms. The first-order valence-electron chi connectivity index (χ1n) is 3.04. The van der Waals surface area contributed by atoms with E-state index in [-0.39, 0.29) is 0 Å². The van der Waals surface area contributed by atoms with E-state index in [9.17, 15) is 0 Å². The molecule has 0 spiro atoms. The maximum absolute atomic E-state index is 5.11. The molecular formula is C7H6N2O. The van der Waals surface area contributed by atoms with Gasteiger partial charge in [-0.3, -0.25) is 4.99 Å². The summed E-state index contributed by atoms with van der Waals surface area (Å²) in [6, 6.07) is 3.78. The van der Waals surface area contributed by atoms with Crippen LogP contribution in [-0.2, 0) is 0 Å². The van der Waals surface area contributed by atoms with Gasteiger partial charge in [-0.05, 0) is 12.1 Å². The average molecular weight is 134 g/mol. The van der Waals surface area contributed by atoms with E-state index in [1.54, 1.807) is 12.4 Å². The summed E-state index contributed by atoms with van der Waals surface area (Å²) in [4.78, 5) is 7.94. The second-order valence-corrected chi connectivity index (χ2v) is 1.98. The fourth-order valence-electron chi connectivity index (χ4n) is 0.856. The predicted molar refractivity (Wildman–Crippen MR) is 37.3 cm³/mol. The van der Waals surface area contributed by atoms with Crippen LogP contribution in [0.5, 0.6) is 5.88 Å². The molecule has 0 bridgehead atoms. The van der Waals surface area contributed by atoms with E-state index in [0.29, 0.717) is 12.6 Å². The normalized spacial score (nSPS) is 14.0. The monoisotopic (exact) mass is 134 g/mol. The number of ether oxygens (including phenoxy) is 1. The van der Waals surface area contributed by atoms with Crippen LogP contribution in [0.15, 0.2) is 23.3 Å². The number of aromatic nitrogens is 1. The summed E-state index contributed by atoms with van der Waals surface area (Å²) in [5.74, 6) is 0.678. The number of hydrogen-bond donors (Lipinski definition) is 0. The van der Waals surface area contributed by atoms with E-state index >= 15 is 0 Å². The highest BCUT2D eigenvalue weighted by Gasteiger charge is 2.03. The van der Waals surface area contributed by atoms with Gasteiger partial charge in [0, 0.05) is 12.4 Å². The minimum Gasteiger partial charge on any atom is -0.454 e. The lowest BCUT2D eigenvalue weighted by molar-refractivity contribution is 0.313. The molecule has 0 N–H and O–H groups in total. The van der Waals surface area contributed by atoms with Crippen molar-refractivity contribution in [1.29, 1.82) is 0 Å². The van der Waals surface area contributed by atoms with Crippen LogP contribution in [0, 0.1) is 0 Å². The van der Waals surface area contributed by atoms with Gasteiger partial charge in [-0.25, -0.2) is 4.98 Å². The molecular weight excluding hydrogens is 128 g/mol. The molecule has 0 aromatic carbocycles. The van der Waals surface area contributed by atoms with Gasteiger partial charge in [0.25, 0.3) is 0 Å².